The molecule has 3 aromatic carbocycles. The fourth-order valence-corrected chi connectivity index (χ4v) is 4.04. The van der Waals surface area contributed by atoms with Gasteiger partial charge in [-0.25, -0.2) is 8.42 Å². The molecule has 0 fully saturated rings. The highest BCUT2D eigenvalue weighted by Crippen LogP contribution is 2.20. The second-order valence-corrected chi connectivity index (χ2v) is 9.00. The van der Waals surface area contributed by atoms with Crippen LogP contribution in [0.5, 0.6) is 5.75 Å². The average Bonchev–Trinajstić information content (AvgIpc) is 2.80. The number of rotatable bonds is 8. The predicted molar refractivity (Wildman–Crippen MR) is 127 cm³/mol. The van der Waals surface area contributed by atoms with Gasteiger partial charge in [-0.1, -0.05) is 6.07 Å². The zero-order chi connectivity index (χ0) is 24.0. The van der Waals surface area contributed by atoms with Crippen LogP contribution >= 0.6 is 0 Å². The molecule has 0 spiro atoms. The summed E-state index contributed by atoms with van der Waals surface area (Å²) in [6.45, 7) is 2.38. The number of benzene rings is 3. The van der Waals surface area contributed by atoms with Crippen molar-refractivity contribution >= 4 is 33.2 Å². The van der Waals surface area contributed by atoms with E-state index < -0.39 is 15.9 Å². The maximum Gasteiger partial charge on any atom is 0.261 e. The summed E-state index contributed by atoms with van der Waals surface area (Å²) in [5, 5.41) is 2.72. The zero-order valence-electron chi connectivity index (χ0n) is 18.5. The van der Waals surface area contributed by atoms with Gasteiger partial charge in [-0.2, -0.15) is 0 Å². The summed E-state index contributed by atoms with van der Waals surface area (Å²) >= 11 is 0. The minimum Gasteiger partial charge on any atom is -0.494 e. The van der Waals surface area contributed by atoms with Crippen molar-refractivity contribution in [2.24, 2.45) is 0 Å². The molecule has 0 bridgehead atoms. The molecule has 8 nitrogen and oxygen atoms in total. The lowest BCUT2D eigenvalue weighted by Crippen LogP contribution is -2.22. The summed E-state index contributed by atoms with van der Waals surface area (Å²) in [5.74, 6) is 0.0426. The first-order valence-corrected chi connectivity index (χ1v) is 11.7. The molecule has 9 heteroatoms. The number of sulfonamides is 1. The molecule has 0 atom stereocenters. The number of nitrogens with zero attached hydrogens (tertiary/aromatic N) is 1. The topological polar surface area (TPSA) is 105 Å². The molecular formula is C24H25N3O5S. The minimum atomic E-state index is -3.83. The molecule has 0 saturated carbocycles. The van der Waals surface area contributed by atoms with E-state index >= 15 is 0 Å². The van der Waals surface area contributed by atoms with Crippen molar-refractivity contribution in [2.75, 3.05) is 30.7 Å². The molecule has 2 N–H and O–H groups in total. The molecular weight excluding hydrogens is 442 g/mol. The van der Waals surface area contributed by atoms with Crippen LogP contribution in [0, 0.1) is 0 Å². The van der Waals surface area contributed by atoms with E-state index in [-0.39, 0.29) is 16.4 Å². The summed E-state index contributed by atoms with van der Waals surface area (Å²) < 4.78 is 33.2. The van der Waals surface area contributed by atoms with E-state index in [1.54, 1.807) is 62.6 Å². The summed E-state index contributed by atoms with van der Waals surface area (Å²) in [6.07, 6.45) is 0. The Morgan fingerprint density at radius 3 is 2.15 bits per heavy atom. The van der Waals surface area contributed by atoms with E-state index in [9.17, 15) is 18.0 Å². The van der Waals surface area contributed by atoms with Gasteiger partial charge in [0.25, 0.3) is 21.8 Å². The van der Waals surface area contributed by atoms with Crippen molar-refractivity contribution in [3.63, 3.8) is 0 Å². The minimum absolute atomic E-state index is 0.0199. The largest absolute Gasteiger partial charge is 0.494 e. The van der Waals surface area contributed by atoms with Crippen molar-refractivity contribution in [2.45, 2.75) is 11.8 Å². The fraction of sp³-hybridized carbons (Fsp3) is 0.167. The molecule has 0 radical (unpaired) electrons. The van der Waals surface area contributed by atoms with Gasteiger partial charge in [-0.3, -0.25) is 14.3 Å². The number of hydrogen-bond donors (Lipinski definition) is 2. The van der Waals surface area contributed by atoms with Crippen molar-refractivity contribution in [1.82, 2.24) is 4.90 Å². The highest BCUT2D eigenvalue weighted by Gasteiger charge is 2.16. The molecule has 0 heterocycles. The number of amides is 2. The Labute approximate surface area is 193 Å². The van der Waals surface area contributed by atoms with Crippen molar-refractivity contribution in [3.05, 3.63) is 83.9 Å². The first-order chi connectivity index (χ1) is 15.7. The first kappa shape index (κ1) is 23.8. The predicted octanol–water partition coefficient (Wildman–Crippen LogP) is 3.84. The van der Waals surface area contributed by atoms with Crippen molar-refractivity contribution in [1.29, 1.82) is 0 Å². The molecule has 0 aliphatic rings. The van der Waals surface area contributed by atoms with Crippen LogP contribution in [0.2, 0.25) is 0 Å². The Balaban J connectivity index is 1.69. The second kappa shape index (κ2) is 10.2. The van der Waals surface area contributed by atoms with Crippen LogP contribution in [0.3, 0.4) is 0 Å². The van der Waals surface area contributed by atoms with E-state index in [1.807, 2.05) is 6.92 Å². The van der Waals surface area contributed by atoms with E-state index in [4.69, 9.17) is 4.74 Å². The molecule has 0 aromatic heterocycles. The Kier molecular flexibility index (Phi) is 7.34. The van der Waals surface area contributed by atoms with E-state index in [0.717, 1.165) is 0 Å². The molecule has 0 aliphatic carbocycles. The van der Waals surface area contributed by atoms with Crippen LogP contribution in [-0.4, -0.2) is 45.8 Å². The van der Waals surface area contributed by atoms with Crippen LogP contribution in [0.15, 0.2) is 77.7 Å². The molecule has 0 saturated heterocycles. The van der Waals surface area contributed by atoms with Gasteiger partial charge < -0.3 is 15.0 Å². The van der Waals surface area contributed by atoms with Crippen molar-refractivity contribution < 1.29 is 22.7 Å². The van der Waals surface area contributed by atoms with E-state index in [0.29, 0.717) is 29.3 Å². The van der Waals surface area contributed by atoms with Gasteiger partial charge in [0.05, 0.1) is 11.5 Å². The monoisotopic (exact) mass is 467 g/mol. The Hall–Kier alpha value is -3.85. The smallest absolute Gasteiger partial charge is 0.261 e. The quantitative estimate of drug-likeness (QED) is 0.524. The normalized spacial score (nSPS) is 10.9. The lowest BCUT2D eigenvalue weighted by Gasteiger charge is -2.12. The summed E-state index contributed by atoms with van der Waals surface area (Å²) in [4.78, 5) is 26.2. The van der Waals surface area contributed by atoms with Gasteiger partial charge in [-0.15, -0.1) is 0 Å². The summed E-state index contributed by atoms with van der Waals surface area (Å²) in [5.41, 5.74) is 1.58. The molecule has 0 unspecified atom stereocenters. The SMILES string of the molecule is CCOc1ccc(NS(=O)(=O)c2ccc(C(=O)Nc3cccc(C(=O)N(C)C)c3)cc2)cc1. The van der Waals surface area contributed by atoms with Crippen LogP contribution in [0.1, 0.15) is 27.6 Å². The highest BCUT2D eigenvalue weighted by molar-refractivity contribution is 7.92. The molecule has 0 aliphatic heterocycles. The van der Waals surface area contributed by atoms with Gasteiger partial charge >= 0.3 is 0 Å². The number of nitrogens with one attached hydrogen (secondary N) is 2. The third-order valence-electron chi connectivity index (χ3n) is 4.62. The van der Waals surface area contributed by atoms with Crippen molar-refractivity contribution in [3.8, 4) is 5.75 Å². The average molecular weight is 468 g/mol. The first-order valence-electron chi connectivity index (χ1n) is 10.2. The molecule has 3 aromatic rings. The molecule has 2 amide bonds. The van der Waals surface area contributed by atoms with Crippen LogP contribution < -0.4 is 14.8 Å². The van der Waals surface area contributed by atoms with Crippen LogP contribution in [-0.2, 0) is 10.0 Å². The van der Waals surface area contributed by atoms with Gasteiger partial charge in [0.2, 0.25) is 0 Å². The van der Waals surface area contributed by atoms with Gasteiger partial charge in [0.1, 0.15) is 5.75 Å². The number of carbonyl (C=O) groups excluding carboxylic acids is 2. The second-order valence-electron chi connectivity index (χ2n) is 7.32. The molecule has 3 rings (SSSR count). The molecule has 172 valence electrons. The fourth-order valence-electron chi connectivity index (χ4n) is 2.98. The number of anilines is 2. The third kappa shape index (κ3) is 6.11. The van der Waals surface area contributed by atoms with E-state index in [1.165, 1.54) is 29.2 Å². The van der Waals surface area contributed by atoms with Crippen LogP contribution in [0.4, 0.5) is 11.4 Å². The van der Waals surface area contributed by atoms with Gasteiger partial charge in [0, 0.05) is 36.6 Å². The lowest BCUT2D eigenvalue weighted by molar-refractivity contribution is 0.0827. The standard InChI is InChI=1S/C24H25N3O5S/c1-4-32-21-12-10-19(11-13-21)26-33(30,31)22-14-8-17(9-15-22)23(28)25-20-7-5-6-18(16-20)24(29)27(2)3/h5-16,26H,4H2,1-3H3,(H,25,28). The number of hydrogen-bond acceptors (Lipinski definition) is 5. The number of ether oxygens (including phenoxy) is 1. The Morgan fingerprint density at radius 1 is 0.879 bits per heavy atom. The molecule has 33 heavy (non-hydrogen) atoms. The summed E-state index contributed by atoms with van der Waals surface area (Å²) in [7, 11) is -0.534. The zero-order valence-corrected chi connectivity index (χ0v) is 19.3. The highest BCUT2D eigenvalue weighted by atomic mass is 32.2. The maximum atomic E-state index is 12.7. The lowest BCUT2D eigenvalue weighted by atomic mass is 10.1. The van der Waals surface area contributed by atoms with Gasteiger partial charge in [-0.05, 0) is 73.7 Å². The van der Waals surface area contributed by atoms with Gasteiger partial charge in [0.15, 0.2) is 0 Å². The maximum absolute atomic E-state index is 12.7. The summed E-state index contributed by atoms with van der Waals surface area (Å²) in [6, 6.07) is 18.7. The number of carbonyl (C=O) groups is 2. The Morgan fingerprint density at radius 2 is 1.55 bits per heavy atom. The van der Waals surface area contributed by atoms with E-state index in [2.05, 4.69) is 10.0 Å². The van der Waals surface area contributed by atoms with Crippen LogP contribution in [0.25, 0.3) is 0 Å². The third-order valence-corrected chi connectivity index (χ3v) is 6.02. The Bertz CT molecular complexity index is 1240.